The van der Waals surface area contributed by atoms with Crippen LogP contribution in [-0.2, 0) is 20.7 Å². The van der Waals surface area contributed by atoms with E-state index in [0.29, 0.717) is 13.0 Å². The number of carbonyl (C=O) groups is 2. The van der Waals surface area contributed by atoms with E-state index in [2.05, 4.69) is 12.2 Å². The number of nitrogens with one attached hydrogen (secondary N) is 1. The van der Waals surface area contributed by atoms with Crippen LogP contribution in [0.5, 0.6) is 0 Å². The van der Waals surface area contributed by atoms with Gasteiger partial charge in [-0.25, -0.2) is 9.59 Å². The SMILES string of the molecule is CCCCCCCCCCCCOC(=O)[C@H](Cc1ccccc1)NC(=O)OC(C)(C)C. The maximum Gasteiger partial charge on any atom is 0.408 e. The average molecular weight is 434 g/mol. The summed E-state index contributed by atoms with van der Waals surface area (Å²) in [5.74, 6) is -0.411. The standard InChI is InChI=1S/C26H43NO4/c1-5-6-7-8-9-10-11-12-13-17-20-30-24(28)23(21-22-18-15-14-16-19-22)27-25(29)31-26(2,3)4/h14-16,18-19,23H,5-13,17,20-21H2,1-4H3,(H,27,29)/t23-/m0/s1. The molecule has 0 aliphatic rings. The zero-order valence-corrected chi connectivity index (χ0v) is 20.1. The summed E-state index contributed by atoms with van der Waals surface area (Å²) in [4.78, 5) is 24.8. The zero-order chi connectivity index (χ0) is 23.0. The van der Waals surface area contributed by atoms with Crippen molar-refractivity contribution in [3.8, 4) is 0 Å². The monoisotopic (exact) mass is 433 g/mol. The van der Waals surface area contributed by atoms with Gasteiger partial charge in [-0.3, -0.25) is 0 Å². The highest BCUT2D eigenvalue weighted by Crippen LogP contribution is 2.12. The third kappa shape index (κ3) is 14.6. The van der Waals surface area contributed by atoms with E-state index in [9.17, 15) is 9.59 Å². The summed E-state index contributed by atoms with van der Waals surface area (Å²) < 4.78 is 10.8. The minimum absolute atomic E-state index is 0.372. The summed E-state index contributed by atoms with van der Waals surface area (Å²) in [6, 6.07) is 8.84. The number of hydrogen-bond donors (Lipinski definition) is 1. The molecular weight excluding hydrogens is 390 g/mol. The molecule has 1 N–H and O–H groups in total. The first kappa shape index (κ1) is 27.0. The predicted molar refractivity (Wildman–Crippen MR) is 126 cm³/mol. The van der Waals surface area contributed by atoms with E-state index >= 15 is 0 Å². The second-order valence-corrected chi connectivity index (χ2v) is 9.24. The summed E-state index contributed by atoms with van der Waals surface area (Å²) in [7, 11) is 0. The predicted octanol–water partition coefficient (Wildman–Crippen LogP) is 6.59. The Labute approximate surface area is 189 Å². The van der Waals surface area contributed by atoms with Crippen LogP contribution in [0.1, 0.15) is 97.5 Å². The molecule has 31 heavy (non-hydrogen) atoms. The largest absolute Gasteiger partial charge is 0.464 e. The molecule has 0 spiro atoms. The Morgan fingerprint density at radius 1 is 0.871 bits per heavy atom. The molecule has 1 aromatic rings. The van der Waals surface area contributed by atoms with Gasteiger partial charge >= 0.3 is 12.1 Å². The van der Waals surface area contributed by atoms with E-state index < -0.39 is 23.7 Å². The van der Waals surface area contributed by atoms with Crippen molar-refractivity contribution in [2.75, 3.05) is 6.61 Å². The second kappa shape index (κ2) is 15.7. The highest BCUT2D eigenvalue weighted by molar-refractivity contribution is 5.81. The third-order valence-electron chi connectivity index (χ3n) is 5.00. The molecule has 0 bridgehead atoms. The first-order chi connectivity index (χ1) is 14.8. The number of carbonyl (C=O) groups excluding carboxylic acids is 2. The molecule has 1 aromatic carbocycles. The van der Waals surface area contributed by atoms with Gasteiger partial charge in [0, 0.05) is 6.42 Å². The van der Waals surface area contributed by atoms with Crippen molar-refractivity contribution in [3.05, 3.63) is 35.9 Å². The van der Waals surface area contributed by atoms with Gasteiger partial charge in [0.1, 0.15) is 11.6 Å². The van der Waals surface area contributed by atoms with E-state index in [0.717, 1.165) is 18.4 Å². The van der Waals surface area contributed by atoms with E-state index in [1.807, 2.05) is 30.3 Å². The number of amides is 1. The molecule has 176 valence electrons. The van der Waals surface area contributed by atoms with Crippen LogP contribution < -0.4 is 5.32 Å². The molecule has 0 fully saturated rings. The summed E-state index contributed by atoms with van der Waals surface area (Å²) >= 11 is 0. The van der Waals surface area contributed by atoms with Gasteiger partial charge in [-0.1, -0.05) is 95.0 Å². The van der Waals surface area contributed by atoms with Gasteiger partial charge in [0.2, 0.25) is 0 Å². The van der Waals surface area contributed by atoms with Crippen LogP contribution in [0.4, 0.5) is 4.79 Å². The summed E-state index contributed by atoms with van der Waals surface area (Å²) in [6.45, 7) is 8.01. The van der Waals surface area contributed by atoms with Crippen molar-refractivity contribution in [3.63, 3.8) is 0 Å². The zero-order valence-electron chi connectivity index (χ0n) is 20.1. The topological polar surface area (TPSA) is 64.6 Å². The van der Waals surface area contributed by atoms with Crippen LogP contribution in [0, 0.1) is 0 Å². The van der Waals surface area contributed by atoms with Crippen molar-refractivity contribution >= 4 is 12.1 Å². The molecule has 0 heterocycles. The van der Waals surface area contributed by atoms with Crippen LogP contribution in [0.25, 0.3) is 0 Å². The van der Waals surface area contributed by atoms with Crippen molar-refractivity contribution in [2.24, 2.45) is 0 Å². The highest BCUT2D eigenvalue weighted by atomic mass is 16.6. The maximum atomic E-state index is 12.6. The lowest BCUT2D eigenvalue weighted by atomic mass is 10.1. The van der Waals surface area contributed by atoms with E-state index in [-0.39, 0.29) is 0 Å². The van der Waals surface area contributed by atoms with Gasteiger partial charge in [-0.15, -0.1) is 0 Å². The molecule has 0 aromatic heterocycles. The van der Waals surface area contributed by atoms with Crippen LogP contribution in [-0.4, -0.2) is 30.3 Å². The summed E-state index contributed by atoms with van der Waals surface area (Å²) in [5.41, 5.74) is 0.334. The molecule has 0 aliphatic heterocycles. The fraction of sp³-hybridized carbons (Fsp3) is 0.692. The molecule has 5 nitrogen and oxygen atoms in total. The average Bonchev–Trinajstić information content (AvgIpc) is 2.70. The molecule has 0 unspecified atom stereocenters. The summed E-state index contributed by atoms with van der Waals surface area (Å²) in [5, 5.41) is 2.68. The normalized spacial score (nSPS) is 12.3. The van der Waals surface area contributed by atoms with Crippen LogP contribution >= 0.6 is 0 Å². The van der Waals surface area contributed by atoms with Crippen molar-refractivity contribution in [1.29, 1.82) is 0 Å². The lowest BCUT2D eigenvalue weighted by Gasteiger charge is -2.23. The van der Waals surface area contributed by atoms with E-state index in [4.69, 9.17) is 9.47 Å². The minimum Gasteiger partial charge on any atom is -0.464 e. The van der Waals surface area contributed by atoms with Crippen LogP contribution in [0.15, 0.2) is 30.3 Å². The second-order valence-electron chi connectivity index (χ2n) is 9.24. The number of esters is 1. The highest BCUT2D eigenvalue weighted by Gasteiger charge is 2.25. The Hall–Kier alpha value is -2.04. The first-order valence-electron chi connectivity index (χ1n) is 12.0. The number of alkyl carbamates (subject to hydrolysis) is 1. The Morgan fingerprint density at radius 2 is 1.42 bits per heavy atom. The van der Waals surface area contributed by atoms with Gasteiger partial charge in [0.25, 0.3) is 0 Å². The number of hydrogen-bond acceptors (Lipinski definition) is 4. The van der Waals surface area contributed by atoms with Crippen LogP contribution in [0.2, 0.25) is 0 Å². The Bertz CT molecular complexity index is 610. The van der Waals surface area contributed by atoms with Crippen molar-refractivity contribution in [1.82, 2.24) is 5.32 Å². The number of ether oxygens (including phenoxy) is 2. The molecule has 5 heteroatoms. The van der Waals surface area contributed by atoms with Gasteiger partial charge in [0.15, 0.2) is 0 Å². The maximum absolute atomic E-state index is 12.6. The summed E-state index contributed by atoms with van der Waals surface area (Å²) in [6.07, 6.45) is 12.1. The van der Waals surface area contributed by atoms with Crippen molar-refractivity contribution in [2.45, 2.75) is 110 Å². The van der Waals surface area contributed by atoms with E-state index in [1.54, 1.807) is 20.8 Å². The Balaban J connectivity index is 2.34. The molecule has 0 radical (unpaired) electrons. The number of rotatable bonds is 15. The van der Waals surface area contributed by atoms with Gasteiger partial charge in [-0.2, -0.15) is 0 Å². The third-order valence-corrected chi connectivity index (χ3v) is 5.00. The molecular formula is C26H43NO4. The number of benzene rings is 1. The molecule has 1 rings (SSSR count). The fourth-order valence-corrected chi connectivity index (χ4v) is 3.36. The number of unbranched alkanes of at least 4 members (excludes halogenated alkanes) is 9. The lowest BCUT2D eigenvalue weighted by molar-refractivity contribution is -0.146. The molecule has 0 aliphatic carbocycles. The van der Waals surface area contributed by atoms with E-state index in [1.165, 1.54) is 51.4 Å². The Kier molecular flexibility index (Phi) is 13.7. The Morgan fingerprint density at radius 3 is 1.97 bits per heavy atom. The smallest absolute Gasteiger partial charge is 0.408 e. The van der Waals surface area contributed by atoms with Gasteiger partial charge in [-0.05, 0) is 32.8 Å². The minimum atomic E-state index is -0.764. The van der Waals surface area contributed by atoms with Gasteiger partial charge < -0.3 is 14.8 Å². The van der Waals surface area contributed by atoms with Gasteiger partial charge in [0.05, 0.1) is 6.61 Å². The molecule has 1 atom stereocenters. The first-order valence-corrected chi connectivity index (χ1v) is 12.0. The van der Waals surface area contributed by atoms with Crippen LogP contribution in [0.3, 0.4) is 0 Å². The molecule has 1 amide bonds. The quantitative estimate of drug-likeness (QED) is 0.250. The van der Waals surface area contributed by atoms with Crippen molar-refractivity contribution < 1.29 is 19.1 Å². The molecule has 0 saturated heterocycles. The molecule has 0 saturated carbocycles. The fourth-order valence-electron chi connectivity index (χ4n) is 3.36. The lowest BCUT2D eigenvalue weighted by Crippen LogP contribution is -2.45.